The summed E-state index contributed by atoms with van der Waals surface area (Å²) in [6.45, 7) is 0.448. The number of hydrogen-bond acceptors (Lipinski definition) is 5. The molecule has 0 saturated heterocycles. The van der Waals surface area contributed by atoms with Gasteiger partial charge in [-0.05, 0) is 24.5 Å². The van der Waals surface area contributed by atoms with Crippen LogP contribution < -0.4 is 5.32 Å². The van der Waals surface area contributed by atoms with Crippen LogP contribution in [0.4, 0.5) is 0 Å². The zero-order valence-corrected chi connectivity index (χ0v) is 13.2. The van der Waals surface area contributed by atoms with Gasteiger partial charge in [0.25, 0.3) is 5.91 Å². The third kappa shape index (κ3) is 3.17. The molecule has 1 aromatic carbocycles. The zero-order chi connectivity index (χ0) is 15.6. The van der Waals surface area contributed by atoms with Gasteiger partial charge >= 0.3 is 0 Å². The molecule has 1 fully saturated rings. The normalized spacial score (nSPS) is 13.9. The van der Waals surface area contributed by atoms with E-state index in [1.807, 2.05) is 29.6 Å². The van der Waals surface area contributed by atoms with Crippen LogP contribution in [0, 0.1) is 0 Å². The van der Waals surface area contributed by atoms with Gasteiger partial charge in [0, 0.05) is 35.7 Å². The molecule has 1 N–H and O–H groups in total. The molecule has 0 spiro atoms. The summed E-state index contributed by atoms with van der Waals surface area (Å²) >= 11 is 1.60. The van der Waals surface area contributed by atoms with Crippen molar-refractivity contribution in [3.8, 4) is 10.6 Å². The van der Waals surface area contributed by atoms with Gasteiger partial charge in [0.1, 0.15) is 10.8 Å². The van der Waals surface area contributed by atoms with Crippen LogP contribution >= 0.6 is 11.3 Å². The standard InChI is InChI=1S/C17H15N3O2S/c21-16(14-9-15(22-20-14)12-4-5-12)19-10-11-2-1-3-13(8-11)17-18-6-7-23-17/h1-3,6-9,12H,4-5,10H2,(H,19,21). The van der Waals surface area contributed by atoms with Crippen molar-refractivity contribution < 1.29 is 9.32 Å². The Morgan fingerprint density at radius 3 is 3.04 bits per heavy atom. The summed E-state index contributed by atoms with van der Waals surface area (Å²) in [5, 5.41) is 9.66. The van der Waals surface area contributed by atoms with E-state index in [9.17, 15) is 4.79 Å². The second kappa shape index (κ2) is 5.96. The summed E-state index contributed by atoms with van der Waals surface area (Å²) in [7, 11) is 0. The fourth-order valence-corrected chi connectivity index (χ4v) is 3.05. The van der Waals surface area contributed by atoms with Gasteiger partial charge in [-0.25, -0.2) is 4.98 Å². The minimum atomic E-state index is -0.208. The second-order valence-electron chi connectivity index (χ2n) is 5.61. The molecule has 0 unspecified atom stereocenters. The molecule has 23 heavy (non-hydrogen) atoms. The van der Waals surface area contributed by atoms with Gasteiger partial charge in [0.15, 0.2) is 5.69 Å². The summed E-state index contributed by atoms with van der Waals surface area (Å²) in [6.07, 6.45) is 4.04. The highest BCUT2D eigenvalue weighted by Gasteiger charge is 2.28. The van der Waals surface area contributed by atoms with E-state index < -0.39 is 0 Å². The number of amides is 1. The number of carbonyl (C=O) groups excluding carboxylic acids is 1. The van der Waals surface area contributed by atoms with Gasteiger partial charge in [0.2, 0.25) is 0 Å². The minimum Gasteiger partial charge on any atom is -0.360 e. The molecule has 1 amide bonds. The highest BCUT2D eigenvalue weighted by molar-refractivity contribution is 7.13. The Hall–Kier alpha value is -2.47. The lowest BCUT2D eigenvalue weighted by Crippen LogP contribution is -2.23. The lowest BCUT2D eigenvalue weighted by molar-refractivity contribution is 0.0941. The van der Waals surface area contributed by atoms with E-state index >= 15 is 0 Å². The lowest BCUT2D eigenvalue weighted by Gasteiger charge is -2.05. The molecule has 1 aliphatic rings. The SMILES string of the molecule is O=C(NCc1cccc(-c2nccs2)c1)c1cc(C2CC2)on1. The predicted molar refractivity (Wildman–Crippen MR) is 87.2 cm³/mol. The Labute approximate surface area is 137 Å². The van der Waals surface area contributed by atoms with Gasteiger partial charge in [0.05, 0.1) is 0 Å². The van der Waals surface area contributed by atoms with E-state index in [4.69, 9.17) is 4.52 Å². The molecule has 0 aliphatic heterocycles. The van der Waals surface area contributed by atoms with E-state index in [2.05, 4.69) is 15.5 Å². The van der Waals surface area contributed by atoms with Crippen LogP contribution in [0.3, 0.4) is 0 Å². The minimum absolute atomic E-state index is 0.208. The van der Waals surface area contributed by atoms with Crippen molar-refractivity contribution in [1.29, 1.82) is 0 Å². The number of nitrogens with one attached hydrogen (secondary N) is 1. The number of benzene rings is 1. The maximum absolute atomic E-state index is 12.1. The van der Waals surface area contributed by atoms with Crippen LogP contribution in [-0.2, 0) is 6.54 Å². The van der Waals surface area contributed by atoms with Crippen LogP contribution in [0.15, 0.2) is 46.4 Å². The predicted octanol–water partition coefficient (Wildman–Crippen LogP) is 3.61. The average Bonchev–Trinajstić information content (AvgIpc) is 3.09. The van der Waals surface area contributed by atoms with Crippen LogP contribution in [0.5, 0.6) is 0 Å². The Kier molecular flexibility index (Phi) is 3.67. The lowest BCUT2D eigenvalue weighted by atomic mass is 10.1. The summed E-state index contributed by atoms with van der Waals surface area (Å²) < 4.78 is 5.21. The van der Waals surface area contributed by atoms with Crippen molar-refractivity contribution in [2.24, 2.45) is 0 Å². The number of thiazole rings is 1. The Balaban J connectivity index is 1.42. The zero-order valence-electron chi connectivity index (χ0n) is 12.4. The molecule has 1 aliphatic carbocycles. The average molecular weight is 325 g/mol. The molecule has 2 heterocycles. The molecule has 1 saturated carbocycles. The first-order valence-electron chi connectivity index (χ1n) is 7.53. The molecule has 0 atom stereocenters. The summed E-state index contributed by atoms with van der Waals surface area (Å²) in [5.74, 6) is 1.07. The van der Waals surface area contributed by atoms with Gasteiger partial charge in [-0.2, -0.15) is 0 Å². The summed E-state index contributed by atoms with van der Waals surface area (Å²) in [5.41, 5.74) is 2.43. The van der Waals surface area contributed by atoms with Gasteiger partial charge in [-0.3, -0.25) is 4.79 Å². The molecule has 5 nitrogen and oxygen atoms in total. The highest BCUT2D eigenvalue weighted by atomic mass is 32.1. The molecule has 116 valence electrons. The largest absolute Gasteiger partial charge is 0.360 e. The Morgan fingerprint density at radius 1 is 1.35 bits per heavy atom. The van der Waals surface area contributed by atoms with Crippen molar-refractivity contribution in [3.05, 3.63) is 58.9 Å². The molecule has 0 radical (unpaired) electrons. The molecule has 3 aromatic rings. The number of aromatic nitrogens is 2. The smallest absolute Gasteiger partial charge is 0.273 e. The molecule has 6 heteroatoms. The highest BCUT2D eigenvalue weighted by Crippen LogP contribution is 2.40. The van der Waals surface area contributed by atoms with Crippen LogP contribution in [0.25, 0.3) is 10.6 Å². The maximum Gasteiger partial charge on any atom is 0.273 e. The molecule has 4 rings (SSSR count). The second-order valence-corrected chi connectivity index (χ2v) is 6.50. The van der Waals surface area contributed by atoms with Crippen LogP contribution in [-0.4, -0.2) is 16.0 Å². The fourth-order valence-electron chi connectivity index (χ4n) is 2.41. The number of hydrogen-bond donors (Lipinski definition) is 1. The molecule has 0 bridgehead atoms. The third-order valence-corrected chi connectivity index (χ3v) is 4.62. The quantitative estimate of drug-likeness (QED) is 0.778. The Bertz CT molecular complexity index is 822. The first-order valence-corrected chi connectivity index (χ1v) is 8.41. The van der Waals surface area contributed by atoms with Gasteiger partial charge in [-0.1, -0.05) is 23.4 Å². The van der Waals surface area contributed by atoms with Crippen molar-refractivity contribution in [2.45, 2.75) is 25.3 Å². The maximum atomic E-state index is 12.1. The van der Waals surface area contributed by atoms with Gasteiger partial charge < -0.3 is 9.84 Å². The monoisotopic (exact) mass is 325 g/mol. The van der Waals surface area contributed by atoms with Crippen molar-refractivity contribution >= 4 is 17.2 Å². The molecular formula is C17H15N3O2S. The Morgan fingerprint density at radius 2 is 2.26 bits per heavy atom. The summed E-state index contributed by atoms with van der Waals surface area (Å²) in [6, 6.07) is 9.76. The van der Waals surface area contributed by atoms with E-state index in [0.29, 0.717) is 18.2 Å². The first-order chi connectivity index (χ1) is 11.3. The fraction of sp³-hybridized carbons (Fsp3) is 0.235. The van der Waals surface area contributed by atoms with E-state index in [-0.39, 0.29) is 5.91 Å². The van der Waals surface area contributed by atoms with Crippen LogP contribution in [0.1, 0.15) is 40.6 Å². The number of carbonyl (C=O) groups is 1. The first kappa shape index (κ1) is 14.1. The van der Waals surface area contributed by atoms with Crippen molar-refractivity contribution in [1.82, 2.24) is 15.5 Å². The number of rotatable bonds is 5. The summed E-state index contributed by atoms with van der Waals surface area (Å²) in [4.78, 5) is 16.4. The van der Waals surface area contributed by atoms with Crippen molar-refractivity contribution in [3.63, 3.8) is 0 Å². The van der Waals surface area contributed by atoms with E-state index in [1.165, 1.54) is 0 Å². The third-order valence-electron chi connectivity index (χ3n) is 3.80. The van der Waals surface area contributed by atoms with Gasteiger partial charge in [-0.15, -0.1) is 11.3 Å². The molecular weight excluding hydrogens is 310 g/mol. The number of nitrogens with zero attached hydrogens (tertiary/aromatic N) is 2. The van der Waals surface area contributed by atoms with Crippen molar-refractivity contribution in [2.75, 3.05) is 0 Å². The van der Waals surface area contributed by atoms with E-state index in [0.717, 1.165) is 34.7 Å². The van der Waals surface area contributed by atoms with Crippen LogP contribution in [0.2, 0.25) is 0 Å². The van der Waals surface area contributed by atoms with E-state index in [1.54, 1.807) is 23.6 Å². The topological polar surface area (TPSA) is 68.0 Å². The molecule has 2 aromatic heterocycles.